The van der Waals surface area contributed by atoms with Gasteiger partial charge in [-0.25, -0.2) is 0 Å². The molecular formula is C21H31N3O4. The summed E-state index contributed by atoms with van der Waals surface area (Å²) in [7, 11) is 3.08. The van der Waals surface area contributed by atoms with Gasteiger partial charge < -0.3 is 25.0 Å². The molecule has 2 aliphatic rings. The smallest absolute Gasteiger partial charge is 0.252 e. The molecule has 0 radical (unpaired) electrons. The minimum Gasteiger partial charge on any atom is -0.497 e. The van der Waals surface area contributed by atoms with E-state index in [2.05, 4.69) is 10.6 Å². The van der Waals surface area contributed by atoms with Crippen LogP contribution < -0.4 is 20.1 Å². The standard InChI is InChI=1S/C21H31N3O4/c1-13(2)19(21(26)24-8-7-15-5-6-16(12-24)22-15)23-20(25)14-9-17(27-3)11-18(10-14)28-4/h9-11,13,15-16,19,22H,5-8,12H2,1-4H3,(H,23,25). The van der Waals surface area contributed by atoms with Crippen molar-refractivity contribution in [1.82, 2.24) is 15.5 Å². The van der Waals surface area contributed by atoms with Crippen LogP contribution in [0.3, 0.4) is 0 Å². The topological polar surface area (TPSA) is 79.9 Å². The fraction of sp³-hybridized carbons (Fsp3) is 0.619. The molecule has 1 aromatic rings. The first-order valence-corrected chi connectivity index (χ1v) is 10.00. The van der Waals surface area contributed by atoms with E-state index in [1.165, 1.54) is 20.6 Å². The quantitative estimate of drug-likeness (QED) is 0.776. The van der Waals surface area contributed by atoms with Gasteiger partial charge >= 0.3 is 0 Å². The van der Waals surface area contributed by atoms with Gasteiger partial charge in [-0.05, 0) is 37.3 Å². The Labute approximate surface area is 166 Å². The number of carbonyl (C=O) groups is 2. The summed E-state index contributed by atoms with van der Waals surface area (Å²) in [6, 6.07) is 5.31. The van der Waals surface area contributed by atoms with Crippen LogP contribution in [0, 0.1) is 5.92 Å². The van der Waals surface area contributed by atoms with Crippen LogP contribution in [-0.2, 0) is 4.79 Å². The van der Waals surface area contributed by atoms with E-state index in [0.29, 0.717) is 35.7 Å². The number of benzene rings is 1. The number of nitrogens with zero attached hydrogens (tertiary/aromatic N) is 1. The molecule has 0 spiro atoms. The van der Waals surface area contributed by atoms with Crippen molar-refractivity contribution < 1.29 is 19.1 Å². The number of hydrogen-bond donors (Lipinski definition) is 2. The molecule has 2 amide bonds. The summed E-state index contributed by atoms with van der Waals surface area (Å²) in [5, 5.41) is 6.52. The second-order valence-corrected chi connectivity index (χ2v) is 8.01. The van der Waals surface area contributed by atoms with E-state index in [1.807, 2.05) is 18.7 Å². The Morgan fingerprint density at radius 3 is 2.32 bits per heavy atom. The fourth-order valence-electron chi connectivity index (χ4n) is 4.02. The number of rotatable bonds is 6. The molecule has 1 aromatic carbocycles. The Morgan fingerprint density at radius 1 is 1.07 bits per heavy atom. The van der Waals surface area contributed by atoms with Crippen molar-refractivity contribution >= 4 is 11.8 Å². The molecule has 28 heavy (non-hydrogen) atoms. The molecular weight excluding hydrogens is 358 g/mol. The summed E-state index contributed by atoms with van der Waals surface area (Å²) in [5.74, 6) is 0.738. The molecule has 7 heteroatoms. The van der Waals surface area contributed by atoms with E-state index in [4.69, 9.17) is 9.47 Å². The van der Waals surface area contributed by atoms with Gasteiger partial charge in [-0.2, -0.15) is 0 Å². The minimum absolute atomic E-state index is 0.00689. The van der Waals surface area contributed by atoms with E-state index < -0.39 is 6.04 Å². The molecule has 2 saturated heterocycles. The molecule has 0 saturated carbocycles. The van der Waals surface area contributed by atoms with Crippen LogP contribution in [0.15, 0.2) is 18.2 Å². The molecule has 2 heterocycles. The van der Waals surface area contributed by atoms with Gasteiger partial charge in [-0.15, -0.1) is 0 Å². The summed E-state index contributed by atoms with van der Waals surface area (Å²) in [6.07, 6.45) is 3.26. The third-order valence-corrected chi connectivity index (χ3v) is 5.67. The molecule has 7 nitrogen and oxygen atoms in total. The molecule has 0 aromatic heterocycles. The van der Waals surface area contributed by atoms with Crippen LogP contribution >= 0.6 is 0 Å². The number of carbonyl (C=O) groups excluding carboxylic acids is 2. The Bertz CT molecular complexity index is 699. The summed E-state index contributed by atoms with van der Waals surface area (Å²) in [4.78, 5) is 28.0. The lowest BCUT2D eigenvalue weighted by Gasteiger charge is -2.31. The zero-order valence-corrected chi connectivity index (χ0v) is 17.2. The summed E-state index contributed by atoms with van der Waals surface area (Å²) < 4.78 is 10.5. The lowest BCUT2D eigenvalue weighted by atomic mass is 10.0. The minimum atomic E-state index is -0.568. The second kappa shape index (κ2) is 8.82. The predicted molar refractivity (Wildman–Crippen MR) is 107 cm³/mol. The van der Waals surface area contributed by atoms with E-state index in [-0.39, 0.29) is 17.7 Å². The third kappa shape index (κ3) is 4.58. The Hall–Kier alpha value is -2.28. The Kier molecular flexibility index (Phi) is 6.44. The maximum atomic E-state index is 13.2. The number of ether oxygens (including phenoxy) is 2. The predicted octanol–water partition coefficient (Wildman–Crippen LogP) is 1.81. The molecule has 3 atom stereocenters. The van der Waals surface area contributed by atoms with E-state index >= 15 is 0 Å². The normalized spacial score (nSPS) is 22.5. The molecule has 2 aliphatic heterocycles. The van der Waals surface area contributed by atoms with E-state index in [9.17, 15) is 9.59 Å². The molecule has 154 valence electrons. The van der Waals surface area contributed by atoms with Crippen molar-refractivity contribution in [2.45, 2.75) is 51.2 Å². The summed E-state index contributed by atoms with van der Waals surface area (Å²) in [6.45, 7) is 5.36. The second-order valence-electron chi connectivity index (χ2n) is 8.01. The van der Waals surface area contributed by atoms with Gasteiger partial charge in [0, 0.05) is 36.8 Å². The number of likely N-dealkylation sites (tertiary alicyclic amines) is 1. The van der Waals surface area contributed by atoms with Crippen molar-refractivity contribution in [3.8, 4) is 11.5 Å². The maximum Gasteiger partial charge on any atom is 0.252 e. The SMILES string of the molecule is COc1cc(OC)cc(C(=O)NC(C(=O)N2CCC3CCC(C2)N3)C(C)C)c1. The first-order valence-electron chi connectivity index (χ1n) is 10.00. The summed E-state index contributed by atoms with van der Waals surface area (Å²) >= 11 is 0. The van der Waals surface area contributed by atoms with Crippen molar-refractivity contribution in [1.29, 1.82) is 0 Å². The molecule has 2 bridgehead atoms. The number of hydrogen-bond acceptors (Lipinski definition) is 5. The van der Waals surface area contributed by atoms with Crippen LogP contribution in [0.1, 0.15) is 43.5 Å². The van der Waals surface area contributed by atoms with Gasteiger partial charge in [0.15, 0.2) is 0 Å². The van der Waals surface area contributed by atoms with Crippen molar-refractivity contribution in [3.63, 3.8) is 0 Å². The highest BCUT2D eigenvalue weighted by molar-refractivity contribution is 5.98. The summed E-state index contributed by atoms with van der Waals surface area (Å²) in [5.41, 5.74) is 0.409. The molecule has 0 aliphatic carbocycles. The number of fused-ring (bicyclic) bond motifs is 2. The number of amides is 2. The molecule has 3 unspecified atom stereocenters. The van der Waals surface area contributed by atoms with Crippen LogP contribution in [0.2, 0.25) is 0 Å². The van der Waals surface area contributed by atoms with Crippen molar-refractivity contribution in [2.24, 2.45) is 5.92 Å². The van der Waals surface area contributed by atoms with Gasteiger partial charge in [0.05, 0.1) is 14.2 Å². The molecule has 3 rings (SSSR count). The molecule has 2 N–H and O–H groups in total. The van der Waals surface area contributed by atoms with Gasteiger partial charge in [0.2, 0.25) is 5.91 Å². The highest BCUT2D eigenvalue weighted by Crippen LogP contribution is 2.24. The van der Waals surface area contributed by atoms with Gasteiger partial charge in [0.25, 0.3) is 5.91 Å². The fourth-order valence-corrected chi connectivity index (χ4v) is 4.02. The average molecular weight is 389 g/mol. The van der Waals surface area contributed by atoms with Gasteiger partial charge in [-0.3, -0.25) is 9.59 Å². The van der Waals surface area contributed by atoms with Gasteiger partial charge in [0.1, 0.15) is 17.5 Å². The van der Waals surface area contributed by atoms with Crippen molar-refractivity contribution in [3.05, 3.63) is 23.8 Å². The lowest BCUT2D eigenvalue weighted by molar-refractivity contribution is -0.134. The number of nitrogens with one attached hydrogen (secondary N) is 2. The first-order chi connectivity index (χ1) is 13.4. The van der Waals surface area contributed by atoms with Crippen molar-refractivity contribution in [2.75, 3.05) is 27.3 Å². The molecule has 2 fully saturated rings. The highest BCUT2D eigenvalue weighted by atomic mass is 16.5. The number of methoxy groups -OCH3 is 2. The lowest BCUT2D eigenvalue weighted by Crippen LogP contribution is -2.53. The third-order valence-electron chi connectivity index (χ3n) is 5.67. The van der Waals surface area contributed by atoms with Crippen LogP contribution in [-0.4, -0.2) is 62.1 Å². The first kappa shape index (κ1) is 20.5. The van der Waals surface area contributed by atoms with E-state index in [0.717, 1.165) is 19.4 Å². The van der Waals surface area contributed by atoms with Gasteiger partial charge in [-0.1, -0.05) is 13.8 Å². The Morgan fingerprint density at radius 2 is 1.71 bits per heavy atom. The maximum absolute atomic E-state index is 13.2. The van der Waals surface area contributed by atoms with Crippen LogP contribution in [0.4, 0.5) is 0 Å². The highest BCUT2D eigenvalue weighted by Gasteiger charge is 2.35. The monoisotopic (exact) mass is 389 g/mol. The van der Waals surface area contributed by atoms with Crippen LogP contribution in [0.25, 0.3) is 0 Å². The van der Waals surface area contributed by atoms with E-state index in [1.54, 1.807) is 18.2 Å². The van der Waals surface area contributed by atoms with Crippen LogP contribution in [0.5, 0.6) is 11.5 Å². The largest absolute Gasteiger partial charge is 0.497 e. The Balaban J connectivity index is 1.73. The average Bonchev–Trinajstić information content (AvgIpc) is 3.03. The zero-order chi connectivity index (χ0) is 20.3. The zero-order valence-electron chi connectivity index (χ0n) is 17.2.